The number of nitrogens with zero attached hydrogens (tertiary/aromatic N) is 1. The van der Waals surface area contributed by atoms with Gasteiger partial charge >= 0.3 is 0 Å². The van der Waals surface area contributed by atoms with E-state index in [4.69, 9.17) is 4.74 Å². The first-order valence-corrected chi connectivity index (χ1v) is 10.2. The minimum Gasteiger partial charge on any atom is -0.370 e. The normalized spacial score (nSPS) is 24.2. The standard InChI is InChI=1S/C21H23NO2S/c23-20(17-6-5-15-3-1-2-4-16(15)17)22-11-9-21(10-12-22)18-8-14-25-19(18)7-13-24-21/h1-4,8,14,17H,5-7,9-13H2. The van der Waals surface area contributed by atoms with Gasteiger partial charge in [0.05, 0.1) is 18.1 Å². The molecule has 5 rings (SSSR count). The van der Waals surface area contributed by atoms with Gasteiger partial charge in [-0.1, -0.05) is 24.3 Å². The predicted molar refractivity (Wildman–Crippen MR) is 99.0 cm³/mol. The fourth-order valence-corrected chi connectivity index (χ4v) is 5.84. The second-order valence-electron chi connectivity index (χ2n) is 7.47. The van der Waals surface area contributed by atoms with Crippen LogP contribution in [0.25, 0.3) is 0 Å². The van der Waals surface area contributed by atoms with Crippen LogP contribution in [0.1, 0.15) is 46.7 Å². The third-order valence-corrected chi connectivity index (χ3v) is 7.24. The van der Waals surface area contributed by atoms with Gasteiger partial charge in [0.25, 0.3) is 0 Å². The predicted octanol–water partition coefficient (Wildman–Crippen LogP) is 3.87. The van der Waals surface area contributed by atoms with Crippen LogP contribution >= 0.6 is 11.3 Å². The van der Waals surface area contributed by atoms with Gasteiger partial charge in [-0.05, 0) is 53.8 Å². The average Bonchev–Trinajstić information content (AvgIpc) is 3.30. The molecule has 1 spiro atoms. The highest BCUT2D eigenvalue weighted by Crippen LogP contribution is 2.44. The zero-order valence-electron chi connectivity index (χ0n) is 14.4. The molecule has 2 aromatic rings. The minimum atomic E-state index is -0.141. The highest BCUT2D eigenvalue weighted by Gasteiger charge is 2.43. The minimum absolute atomic E-state index is 0.0641. The topological polar surface area (TPSA) is 29.5 Å². The lowest BCUT2D eigenvalue weighted by atomic mass is 9.82. The Bertz CT molecular complexity index is 804. The van der Waals surface area contributed by atoms with Crippen molar-refractivity contribution in [2.24, 2.45) is 0 Å². The van der Waals surface area contributed by atoms with E-state index >= 15 is 0 Å². The van der Waals surface area contributed by atoms with E-state index in [0.29, 0.717) is 5.91 Å². The molecule has 3 nitrogen and oxygen atoms in total. The van der Waals surface area contributed by atoms with Crippen LogP contribution in [0.15, 0.2) is 35.7 Å². The molecule has 3 heterocycles. The van der Waals surface area contributed by atoms with Crippen molar-refractivity contribution >= 4 is 17.2 Å². The van der Waals surface area contributed by atoms with Gasteiger partial charge in [0.15, 0.2) is 0 Å². The zero-order chi connectivity index (χ0) is 16.9. The van der Waals surface area contributed by atoms with Crippen molar-refractivity contribution in [2.45, 2.75) is 43.6 Å². The molecule has 1 aromatic heterocycles. The lowest BCUT2D eigenvalue weighted by Crippen LogP contribution is -2.49. The summed E-state index contributed by atoms with van der Waals surface area (Å²) < 4.78 is 6.27. The Hall–Kier alpha value is -1.65. The summed E-state index contributed by atoms with van der Waals surface area (Å²) in [6.45, 7) is 2.44. The van der Waals surface area contributed by atoms with Gasteiger partial charge in [-0.2, -0.15) is 0 Å². The molecule has 1 atom stereocenters. The van der Waals surface area contributed by atoms with Crippen molar-refractivity contribution in [3.8, 4) is 0 Å². The molecular formula is C21H23NO2S. The maximum Gasteiger partial charge on any atom is 0.230 e. The van der Waals surface area contributed by atoms with E-state index in [1.807, 2.05) is 11.3 Å². The van der Waals surface area contributed by atoms with Gasteiger partial charge in [-0.15, -0.1) is 11.3 Å². The lowest BCUT2D eigenvalue weighted by Gasteiger charge is -2.44. The number of hydrogen-bond acceptors (Lipinski definition) is 3. The maximum atomic E-state index is 13.1. The number of rotatable bonds is 1. The molecule has 2 aliphatic heterocycles. The molecule has 0 bridgehead atoms. The van der Waals surface area contributed by atoms with E-state index in [2.05, 4.69) is 40.6 Å². The first-order valence-electron chi connectivity index (χ1n) is 9.34. The molecule has 1 amide bonds. The first kappa shape index (κ1) is 15.6. The first-order chi connectivity index (χ1) is 12.3. The van der Waals surface area contributed by atoms with Gasteiger partial charge in [0, 0.05) is 24.4 Å². The van der Waals surface area contributed by atoms with E-state index in [9.17, 15) is 4.79 Å². The molecular weight excluding hydrogens is 330 g/mol. The van der Waals surface area contributed by atoms with Crippen LogP contribution < -0.4 is 0 Å². The second-order valence-corrected chi connectivity index (χ2v) is 8.47. The maximum absolute atomic E-state index is 13.1. The van der Waals surface area contributed by atoms with Gasteiger partial charge in [0.2, 0.25) is 5.91 Å². The number of piperidine rings is 1. The second kappa shape index (κ2) is 5.96. The summed E-state index contributed by atoms with van der Waals surface area (Å²) in [6.07, 6.45) is 4.89. The van der Waals surface area contributed by atoms with E-state index in [1.165, 1.54) is 21.6 Å². The van der Waals surface area contributed by atoms with E-state index in [-0.39, 0.29) is 11.5 Å². The molecule has 1 aliphatic carbocycles. The van der Waals surface area contributed by atoms with Crippen LogP contribution in [0.3, 0.4) is 0 Å². The Morgan fingerprint density at radius 3 is 2.88 bits per heavy atom. The van der Waals surface area contributed by atoms with Crippen LogP contribution in [-0.4, -0.2) is 30.5 Å². The average molecular weight is 353 g/mol. The van der Waals surface area contributed by atoms with Crippen molar-refractivity contribution in [3.05, 3.63) is 57.3 Å². The van der Waals surface area contributed by atoms with Gasteiger partial charge in [-0.3, -0.25) is 4.79 Å². The third-order valence-electron chi connectivity index (χ3n) is 6.26. The Balaban J connectivity index is 1.33. The van der Waals surface area contributed by atoms with Crippen molar-refractivity contribution in [1.82, 2.24) is 4.90 Å². The molecule has 0 radical (unpaired) electrons. The Labute approximate surface area is 152 Å². The fraction of sp³-hybridized carbons (Fsp3) is 0.476. The van der Waals surface area contributed by atoms with Crippen LogP contribution in [0.2, 0.25) is 0 Å². The SMILES string of the molecule is O=C(C1CCc2ccccc21)N1CCC2(CC1)OCCc1sccc12. The van der Waals surface area contributed by atoms with Crippen LogP contribution in [0.5, 0.6) is 0 Å². The molecule has 1 fully saturated rings. The molecule has 130 valence electrons. The smallest absolute Gasteiger partial charge is 0.230 e. The summed E-state index contributed by atoms with van der Waals surface area (Å²) in [5.41, 5.74) is 3.86. The third kappa shape index (κ3) is 2.46. The van der Waals surface area contributed by atoms with E-state index < -0.39 is 0 Å². The highest BCUT2D eigenvalue weighted by atomic mass is 32.1. The highest BCUT2D eigenvalue weighted by molar-refractivity contribution is 7.10. The summed E-state index contributed by atoms with van der Waals surface area (Å²) in [6, 6.07) is 10.7. The van der Waals surface area contributed by atoms with Crippen LogP contribution in [-0.2, 0) is 28.0 Å². The fourth-order valence-electron chi connectivity index (χ4n) is 4.89. The number of hydrogen-bond donors (Lipinski definition) is 0. The van der Waals surface area contributed by atoms with E-state index in [1.54, 1.807) is 0 Å². The number of fused-ring (bicyclic) bond motifs is 3. The van der Waals surface area contributed by atoms with Crippen LogP contribution in [0, 0.1) is 0 Å². The number of likely N-dealkylation sites (tertiary alicyclic amines) is 1. The molecule has 3 aliphatic rings. The number of thiophene rings is 1. The number of aryl methyl sites for hydroxylation is 1. The monoisotopic (exact) mass is 353 g/mol. The van der Waals surface area contributed by atoms with Crippen molar-refractivity contribution in [3.63, 3.8) is 0 Å². The number of amides is 1. The summed E-state index contributed by atoms with van der Waals surface area (Å²) in [4.78, 5) is 16.7. The Kier molecular flexibility index (Phi) is 3.72. The quantitative estimate of drug-likeness (QED) is 0.779. The van der Waals surface area contributed by atoms with Crippen molar-refractivity contribution < 1.29 is 9.53 Å². The van der Waals surface area contributed by atoms with Gasteiger partial charge in [0.1, 0.15) is 0 Å². The lowest BCUT2D eigenvalue weighted by molar-refractivity contribution is -0.142. The molecule has 1 unspecified atom stereocenters. The number of carbonyl (C=O) groups is 1. The van der Waals surface area contributed by atoms with Crippen molar-refractivity contribution in [2.75, 3.05) is 19.7 Å². The Morgan fingerprint density at radius 2 is 2.00 bits per heavy atom. The largest absolute Gasteiger partial charge is 0.370 e. The van der Waals surface area contributed by atoms with Gasteiger partial charge < -0.3 is 9.64 Å². The Morgan fingerprint density at radius 1 is 1.16 bits per heavy atom. The van der Waals surface area contributed by atoms with Crippen molar-refractivity contribution in [1.29, 1.82) is 0 Å². The summed E-state index contributed by atoms with van der Waals surface area (Å²) >= 11 is 1.85. The number of ether oxygens (including phenoxy) is 1. The van der Waals surface area contributed by atoms with Gasteiger partial charge in [-0.25, -0.2) is 0 Å². The molecule has 25 heavy (non-hydrogen) atoms. The van der Waals surface area contributed by atoms with E-state index in [0.717, 1.165) is 51.8 Å². The summed E-state index contributed by atoms with van der Waals surface area (Å²) in [5, 5.41) is 2.19. The molecule has 0 saturated carbocycles. The van der Waals surface area contributed by atoms with Crippen LogP contribution in [0.4, 0.5) is 0 Å². The summed E-state index contributed by atoms with van der Waals surface area (Å²) in [7, 11) is 0. The molecule has 1 saturated heterocycles. The summed E-state index contributed by atoms with van der Waals surface area (Å²) in [5.74, 6) is 0.385. The number of carbonyl (C=O) groups excluding carboxylic acids is 1. The molecule has 1 aromatic carbocycles. The number of benzene rings is 1. The molecule has 0 N–H and O–H groups in total. The zero-order valence-corrected chi connectivity index (χ0v) is 15.2. The molecule has 4 heteroatoms.